The molecule has 41 heavy (non-hydrogen) atoms. The molecule has 1 fully saturated rings. The Morgan fingerprint density at radius 3 is 2.00 bits per heavy atom. The number of carbonyl (C=O) groups excluding carboxylic acids is 2. The molecule has 0 bridgehead atoms. The second-order valence-electron chi connectivity index (χ2n) is 9.59. The van der Waals surface area contributed by atoms with Gasteiger partial charge in [-0.3, -0.25) is 9.59 Å². The van der Waals surface area contributed by atoms with Crippen LogP contribution in [0, 0.1) is 13.8 Å². The van der Waals surface area contributed by atoms with Crippen molar-refractivity contribution in [3.05, 3.63) is 74.8 Å². The highest BCUT2D eigenvalue weighted by atomic mass is 35.5. The van der Waals surface area contributed by atoms with Gasteiger partial charge in [-0.25, -0.2) is 4.39 Å². The van der Waals surface area contributed by atoms with Crippen molar-refractivity contribution in [3.63, 3.8) is 0 Å². The largest absolute Gasteiger partial charge is 0.417 e. The Labute approximate surface area is 231 Å². The van der Waals surface area contributed by atoms with Crippen LogP contribution in [-0.2, 0) is 11.0 Å². The monoisotopic (exact) mass is 618 g/mol. The highest BCUT2D eigenvalue weighted by Crippen LogP contribution is 2.42. The molecule has 1 aliphatic rings. The van der Waals surface area contributed by atoms with Crippen LogP contribution in [0.25, 0.3) is 5.83 Å². The molecule has 1 saturated carbocycles. The summed E-state index contributed by atoms with van der Waals surface area (Å²) in [5.74, 6) is -6.97. The van der Waals surface area contributed by atoms with Gasteiger partial charge in [-0.05, 0) is 61.6 Å². The van der Waals surface area contributed by atoms with E-state index in [1.807, 2.05) is 5.32 Å². The Balaban J connectivity index is 1.96. The van der Waals surface area contributed by atoms with Crippen molar-refractivity contribution in [3.8, 4) is 0 Å². The van der Waals surface area contributed by atoms with E-state index in [1.165, 1.54) is 13.8 Å². The van der Waals surface area contributed by atoms with Crippen molar-refractivity contribution in [2.45, 2.75) is 56.7 Å². The van der Waals surface area contributed by atoms with E-state index in [-0.39, 0.29) is 41.1 Å². The van der Waals surface area contributed by atoms with E-state index in [0.717, 1.165) is 12.1 Å². The molecule has 0 saturated heterocycles. The second kappa shape index (κ2) is 11.2. The number of alkyl halides is 9. The first-order valence-electron chi connectivity index (χ1n) is 11.7. The summed E-state index contributed by atoms with van der Waals surface area (Å²) in [6, 6.07) is 3.43. The van der Waals surface area contributed by atoms with E-state index < -0.39 is 76.4 Å². The third kappa shape index (κ3) is 7.72. The number of carbonyl (C=O) groups is 2. The van der Waals surface area contributed by atoms with Crippen LogP contribution in [0.2, 0.25) is 5.02 Å². The molecular weight excluding hydrogens is 598 g/mol. The summed E-state index contributed by atoms with van der Waals surface area (Å²) in [5, 5.41) is 3.72. The standard InChI is InChI=1S/C26H21ClF10N2O2/c1-12-7-15(8-13(2)20(12)27)17(25(32,33)34)10-19(28)14-3-4-16(18(9-14)26(35,36)37)21(40)39-23(5-6-23)22(41)38-11-24(29,30)31/h3-4,7-10,17H,5-6,11H2,1-2H3,(H,38,41)(H,39,40)/b19-10-. The van der Waals surface area contributed by atoms with Crippen molar-refractivity contribution < 1.29 is 53.5 Å². The van der Waals surface area contributed by atoms with E-state index in [4.69, 9.17) is 11.6 Å². The van der Waals surface area contributed by atoms with Gasteiger partial charge in [0.05, 0.1) is 11.1 Å². The fourth-order valence-corrected chi connectivity index (χ4v) is 4.18. The van der Waals surface area contributed by atoms with Gasteiger partial charge in [-0.2, -0.15) is 39.5 Å². The lowest BCUT2D eigenvalue weighted by atomic mass is 9.93. The zero-order valence-electron chi connectivity index (χ0n) is 21.1. The number of hydrogen-bond donors (Lipinski definition) is 2. The average Bonchev–Trinajstić information content (AvgIpc) is 3.62. The first kappa shape index (κ1) is 32.2. The maximum Gasteiger partial charge on any atom is 0.417 e. The lowest BCUT2D eigenvalue weighted by Crippen LogP contribution is -2.51. The Kier molecular flexibility index (Phi) is 8.79. The zero-order valence-corrected chi connectivity index (χ0v) is 21.9. The zero-order chi connectivity index (χ0) is 31.1. The Morgan fingerprint density at radius 2 is 1.54 bits per heavy atom. The summed E-state index contributed by atoms with van der Waals surface area (Å²) >= 11 is 5.99. The van der Waals surface area contributed by atoms with Crippen LogP contribution in [0.3, 0.4) is 0 Å². The molecule has 0 heterocycles. The molecule has 2 aromatic carbocycles. The predicted octanol–water partition coefficient (Wildman–Crippen LogP) is 7.57. The molecule has 1 unspecified atom stereocenters. The number of aryl methyl sites for hydroxylation is 2. The Hall–Kier alpha value is -3.29. The highest BCUT2D eigenvalue weighted by molar-refractivity contribution is 6.32. The van der Waals surface area contributed by atoms with E-state index in [1.54, 1.807) is 5.32 Å². The molecule has 1 atom stereocenters. The third-order valence-corrected chi connectivity index (χ3v) is 6.91. The predicted molar refractivity (Wildman–Crippen MR) is 129 cm³/mol. The van der Waals surface area contributed by atoms with E-state index in [2.05, 4.69) is 0 Å². The first-order valence-corrected chi connectivity index (χ1v) is 12.1. The van der Waals surface area contributed by atoms with Crippen LogP contribution < -0.4 is 10.6 Å². The summed E-state index contributed by atoms with van der Waals surface area (Å²) in [7, 11) is 0. The fourth-order valence-electron chi connectivity index (χ4n) is 4.07. The average molecular weight is 619 g/mol. The lowest BCUT2D eigenvalue weighted by molar-refractivity contribution is -0.140. The van der Waals surface area contributed by atoms with Crippen molar-refractivity contribution in [2.24, 2.45) is 0 Å². The molecule has 0 radical (unpaired) electrons. The summed E-state index contributed by atoms with van der Waals surface area (Å²) < 4.78 is 135. The van der Waals surface area contributed by atoms with Gasteiger partial charge in [0, 0.05) is 10.6 Å². The van der Waals surface area contributed by atoms with Gasteiger partial charge in [-0.15, -0.1) is 0 Å². The minimum atomic E-state index is -5.30. The van der Waals surface area contributed by atoms with Crippen molar-refractivity contribution in [2.75, 3.05) is 6.54 Å². The van der Waals surface area contributed by atoms with Gasteiger partial charge in [0.25, 0.3) is 5.91 Å². The van der Waals surface area contributed by atoms with Gasteiger partial charge >= 0.3 is 18.5 Å². The molecule has 224 valence electrons. The van der Waals surface area contributed by atoms with E-state index in [9.17, 15) is 49.1 Å². The minimum absolute atomic E-state index is 0.0987. The van der Waals surface area contributed by atoms with Crippen molar-refractivity contribution in [1.82, 2.24) is 10.6 Å². The third-order valence-electron chi connectivity index (χ3n) is 6.32. The second-order valence-corrected chi connectivity index (χ2v) is 9.97. The van der Waals surface area contributed by atoms with E-state index >= 15 is 4.39 Å². The Morgan fingerprint density at radius 1 is 0.976 bits per heavy atom. The minimum Gasteiger partial charge on any atom is -0.345 e. The maximum atomic E-state index is 15.1. The molecule has 2 amide bonds. The van der Waals surface area contributed by atoms with Crippen LogP contribution in [0.15, 0.2) is 36.4 Å². The SMILES string of the molecule is Cc1cc(C(/C=C(\F)c2ccc(C(=O)NC3(C(=O)NCC(F)(F)F)CC3)c(C(F)(F)F)c2)C(F)(F)F)cc(C)c1Cl. The van der Waals surface area contributed by atoms with Gasteiger partial charge in [-0.1, -0.05) is 29.8 Å². The number of nitrogens with one attached hydrogen (secondary N) is 2. The molecule has 2 aromatic rings. The van der Waals surface area contributed by atoms with Crippen LogP contribution in [0.4, 0.5) is 43.9 Å². The number of halogens is 11. The molecule has 0 aliphatic heterocycles. The van der Waals surface area contributed by atoms with Gasteiger partial charge < -0.3 is 10.6 Å². The normalized spacial score (nSPS) is 16.3. The molecule has 2 N–H and O–H groups in total. The molecular formula is C26H21ClF10N2O2. The fraction of sp³-hybridized carbons (Fsp3) is 0.385. The molecule has 1 aliphatic carbocycles. The summed E-state index contributed by atoms with van der Waals surface area (Å²) in [5.41, 5.74) is -5.51. The van der Waals surface area contributed by atoms with Crippen LogP contribution in [-0.4, -0.2) is 36.3 Å². The van der Waals surface area contributed by atoms with Crippen LogP contribution in [0.5, 0.6) is 0 Å². The van der Waals surface area contributed by atoms with Crippen LogP contribution >= 0.6 is 11.6 Å². The van der Waals surface area contributed by atoms with Gasteiger partial charge in [0.15, 0.2) is 0 Å². The van der Waals surface area contributed by atoms with Crippen molar-refractivity contribution >= 4 is 29.2 Å². The van der Waals surface area contributed by atoms with Gasteiger partial charge in [0.1, 0.15) is 23.8 Å². The number of rotatable bonds is 7. The molecule has 15 heteroatoms. The van der Waals surface area contributed by atoms with Gasteiger partial charge in [0.2, 0.25) is 5.91 Å². The smallest absolute Gasteiger partial charge is 0.345 e. The molecule has 0 spiro atoms. The molecule has 4 nitrogen and oxygen atoms in total. The Bertz CT molecular complexity index is 1350. The summed E-state index contributed by atoms with van der Waals surface area (Å²) in [6.07, 6.45) is -15.3. The molecule has 3 rings (SSSR count). The highest BCUT2D eigenvalue weighted by Gasteiger charge is 2.52. The summed E-state index contributed by atoms with van der Waals surface area (Å²) in [4.78, 5) is 24.8. The first-order chi connectivity index (χ1) is 18.6. The van der Waals surface area contributed by atoms with Crippen molar-refractivity contribution in [1.29, 1.82) is 0 Å². The van der Waals surface area contributed by atoms with E-state index in [0.29, 0.717) is 12.1 Å². The topological polar surface area (TPSA) is 58.2 Å². The summed E-state index contributed by atoms with van der Waals surface area (Å²) in [6.45, 7) is 1.13. The number of amides is 2. The van der Waals surface area contributed by atoms with Crippen LogP contribution in [0.1, 0.15) is 56.9 Å². The number of benzene rings is 2. The quantitative estimate of drug-likeness (QED) is 0.315. The number of allylic oxidation sites excluding steroid dienone is 1. The number of hydrogen-bond acceptors (Lipinski definition) is 2. The molecule has 0 aromatic heterocycles. The lowest BCUT2D eigenvalue weighted by Gasteiger charge is -2.21. The maximum absolute atomic E-state index is 15.1.